The van der Waals surface area contributed by atoms with E-state index in [1.54, 1.807) is 7.11 Å². The molecule has 1 spiro atoms. The molecule has 52 heavy (non-hydrogen) atoms. The lowest BCUT2D eigenvalue weighted by Crippen LogP contribution is -2.61. The Hall–Kier alpha value is -1.29. The van der Waals surface area contributed by atoms with Crippen molar-refractivity contribution in [2.24, 2.45) is 11.8 Å². The van der Waals surface area contributed by atoms with Gasteiger partial charge in [-0.1, -0.05) is 20.1 Å². The number of Topliss-reactive ketones (excluding diaryl/α,β-unsaturated/α-hetero) is 1. The van der Waals surface area contributed by atoms with Gasteiger partial charge in [0.1, 0.15) is 36.3 Å². The van der Waals surface area contributed by atoms with Gasteiger partial charge in [-0.05, 0) is 62.0 Å². The number of rotatable bonds is 4. The Morgan fingerprint density at radius 2 is 1.54 bits per heavy atom. The summed E-state index contributed by atoms with van der Waals surface area (Å²) in [4.78, 5) is 14.0. The van der Waals surface area contributed by atoms with Crippen molar-refractivity contribution in [1.29, 1.82) is 0 Å². The molecule has 0 saturated carbocycles. The second kappa shape index (κ2) is 14.3. The zero-order valence-electron chi connectivity index (χ0n) is 30.7. The number of aliphatic hydroxyl groups is 2. The summed E-state index contributed by atoms with van der Waals surface area (Å²) in [6.07, 6.45) is 4.01. The highest BCUT2D eigenvalue weighted by Gasteiger charge is 2.68. The van der Waals surface area contributed by atoms with Crippen LogP contribution in [-0.2, 0) is 47.4 Å². The van der Waals surface area contributed by atoms with E-state index in [1.165, 1.54) is 0 Å². The maximum Gasteiger partial charge on any atom is 0.172 e. The number of carbonyl (C=O) groups excluding carboxylic acids is 1. The van der Waals surface area contributed by atoms with Crippen LogP contribution in [0.15, 0.2) is 24.3 Å². The number of fused-ring (bicyclic) bond motifs is 6. The fourth-order valence-electron chi connectivity index (χ4n) is 11.3. The Morgan fingerprint density at radius 1 is 0.788 bits per heavy atom. The Labute approximate surface area is 306 Å². The molecule has 0 aromatic rings. The molecule has 2 N–H and O–H groups in total. The molecule has 0 aliphatic carbocycles. The monoisotopic (exact) mass is 730 g/mol. The average molecular weight is 731 g/mol. The van der Waals surface area contributed by atoms with Crippen LogP contribution in [0.4, 0.5) is 0 Å². The molecule has 10 heterocycles. The van der Waals surface area contributed by atoms with Crippen molar-refractivity contribution in [3.63, 3.8) is 0 Å². The highest BCUT2D eigenvalue weighted by atomic mass is 16.8. The summed E-state index contributed by atoms with van der Waals surface area (Å²) >= 11 is 0. The molecule has 12 nitrogen and oxygen atoms in total. The largest absolute Gasteiger partial charge is 0.394 e. The van der Waals surface area contributed by atoms with Crippen molar-refractivity contribution < 1.29 is 57.6 Å². The summed E-state index contributed by atoms with van der Waals surface area (Å²) in [5.41, 5.74) is 2.17. The molecule has 290 valence electrons. The van der Waals surface area contributed by atoms with E-state index in [4.69, 9.17) is 42.6 Å². The molecule has 0 aromatic heterocycles. The third kappa shape index (κ3) is 6.59. The Morgan fingerprint density at radius 3 is 2.37 bits per heavy atom. The zero-order valence-corrected chi connectivity index (χ0v) is 30.7. The van der Waals surface area contributed by atoms with Crippen molar-refractivity contribution in [3.8, 4) is 0 Å². The third-order valence-electron chi connectivity index (χ3n) is 13.9. The quantitative estimate of drug-likeness (QED) is 0.410. The number of hydrogen-bond acceptors (Lipinski definition) is 12. The van der Waals surface area contributed by atoms with Crippen LogP contribution < -0.4 is 0 Å². The molecule has 0 radical (unpaired) electrons. The van der Waals surface area contributed by atoms with Crippen LogP contribution in [0.3, 0.4) is 0 Å². The van der Waals surface area contributed by atoms with Gasteiger partial charge in [0.2, 0.25) is 0 Å². The van der Waals surface area contributed by atoms with Gasteiger partial charge in [-0.25, -0.2) is 0 Å². The summed E-state index contributed by atoms with van der Waals surface area (Å²) in [5, 5.41) is 20.1. The maximum absolute atomic E-state index is 14.0. The number of aliphatic hydroxyl groups excluding tert-OH is 2. The predicted octanol–water partition coefficient (Wildman–Crippen LogP) is 3.47. The molecule has 10 aliphatic rings. The molecule has 0 amide bonds. The van der Waals surface area contributed by atoms with Gasteiger partial charge in [-0.2, -0.15) is 0 Å². The molecule has 10 aliphatic heterocycles. The summed E-state index contributed by atoms with van der Waals surface area (Å²) in [6, 6.07) is 0. The van der Waals surface area contributed by atoms with Crippen LogP contribution in [0.2, 0.25) is 0 Å². The lowest BCUT2D eigenvalue weighted by Gasteiger charge is -2.47. The number of methoxy groups -OCH3 is 1. The average Bonchev–Trinajstić information content (AvgIpc) is 3.79. The van der Waals surface area contributed by atoms with Gasteiger partial charge >= 0.3 is 0 Å². The van der Waals surface area contributed by atoms with Crippen molar-refractivity contribution in [1.82, 2.24) is 0 Å². The van der Waals surface area contributed by atoms with Crippen molar-refractivity contribution in [2.75, 3.05) is 13.7 Å². The highest BCUT2D eigenvalue weighted by Crippen LogP contribution is 2.54. The first-order valence-corrected chi connectivity index (χ1v) is 20.1. The van der Waals surface area contributed by atoms with Gasteiger partial charge in [0, 0.05) is 51.6 Å². The van der Waals surface area contributed by atoms with Crippen LogP contribution >= 0.6 is 0 Å². The third-order valence-corrected chi connectivity index (χ3v) is 13.9. The first-order valence-electron chi connectivity index (χ1n) is 20.1. The normalized spacial score (nSPS) is 52.4. The van der Waals surface area contributed by atoms with Crippen LogP contribution in [0, 0.1) is 11.8 Å². The van der Waals surface area contributed by atoms with E-state index >= 15 is 0 Å². The van der Waals surface area contributed by atoms with E-state index < -0.39 is 24.1 Å². The molecule has 10 rings (SSSR count). The molecule has 10 saturated heterocycles. The standard InChI is InChI=1S/C40H58O12/c1-19-11-24-5-7-28-20(2)12-26(45-28)9-10-40-17-33-36(51-40)37-38(50-33)39(52-40)35-29(49-37)8-6-25(47-35)13-22(42)14-27-31(16-30(46-24)21(19)3)48-32(34(27)44-4)15-23(43)18-41/h19,23-39,41,43H,2-3,5-18H2,1,4H3/t19-,23?,24+,25?,26?,27?,28?,29?,30?,31+,32?,33-,34-,35+,36?,37+,38?,39?,40+/m1/s1. The van der Waals surface area contributed by atoms with Gasteiger partial charge in [-0.15, -0.1) is 0 Å². The first kappa shape index (κ1) is 36.4. The second-order valence-electron chi connectivity index (χ2n) is 17.4. The lowest BCUT2D eigenvalue weighted by atomic mass is 9.81. The van der Waals surface area contributed by atoms with Gasteiger partial charge in [-0.3, -0.25) is 4.79 Å². The SMILES string of the molecule is C=C1CC2CC[C@@]34C[C@H]5OC6C(O3)[C@H]3OC(CCC3O[C@H]6C5O4)CC(=O)CC3[C@@H](OC)C(CC(O)CO)O[C@H]3CC3O[C@@H](CCC1O2)C[C@@H](C)C3=C. The molecular formula is C40H58O12. The van der Waals surface area contributed by atoms with Crippen molar-refractivity contribution in [2.45, 2.75) is 194 Å². The van der Waals surface area contributed by atoms with E-state index in [0.29, 0.717) is 25.7 Å². The maximum atomic E-state index is 14.0. The van der Waals surface area contributed by atoms with Gasteiger partial charge in [0.25, 0.3) is 0 Å². The second-order valence-corrected chi connectivity index (χ2v) is 17.4. The number of carbonyl (C=O) groups is 1. The van der Waals surface area contributed by atoms with Crippen LogP contribution in [0.1, 0.15) is 90.4 Å². The molecular weight excluding hydrogens is 672 g/mol. The smallest absolute Gasteiger partial charge is 0.172 e. The molecule has 11 unspecified atom stereocenters. The minimum absolute atomic E-state index is 0.0260. The molecule has 12 heteroatoms. The van der Waals surface area contributed by atoms with Crippen LogP contribution in [0.5, 0.6) is 0 Å². The summed E-state index contributed by atoms with van der Waals surface area (Å²) < 4.78 is 59.8. The Bertz CT molecular complexity index is 1370. The highest BCUT2D eigenvalue weighted by molar-refractivity contribution is 5.79. The van der Waals surface area contributed by atoms with E-state index in [0.717, 1.165) is 49.7 Å². The van der Waals surface area contributed by atoms with E-state index in [-0.39, 0.29) is 123 Å². The van der Waals surface area contributed by atoms with E-state index in [9.17, 15) is 15.0 Å². The van der Waals surface area contributed by atoms with E-state index in [1.807, 2.05) is 0 Å². The molecule has 19 atom stereocenters. The zero-order chi connectivity index (χ0) is 35.9. The first-order chi connectivity index (χ1) is 25.1. The summed E-state index contributed by atoms with van der Waals surface area (Å²) in [6.45, 7) is 10.7. The number of ether oxygens (including phenoxy) is 9. The molecule has 10 fully saturated rings. The number of hydrogen-bond donors (Lipinski definition) is 2. The fourth-order valence-corrected chi connectivity index (χ4v) is 11.3. The van der Waals surface area contributed by atoms with Crippen LogP contribution in [0.25, 0.3) is 0 Å². The van der Waals surface area contributed by atoms with Crippen molar-refractivity contribution in [3.05, 3.63) is 24.3 Å². The minimum Gasteiger partial charge on any atom is -0.394 e. The topological polar surface area (TPSA) is 141 Å². The van der Waals surface area contributed by atoms with Crippen LogP contribution in [-0.4, -0.2) is 133 Å². The Balaban J connectivity index is 0.994. The summed E-state index contributed by atoms with van der Waals surface area (Å²) in [5.74, 6) is -0.709. The Kier molecular flexibility index (Phi) is 10.0. The number of ketones is 1. The summed E-state index contributed by atoms with van der Waals surface area (Å²) in [7, 11) is 1.63. The lowest BCUT2D eigenvalue weighted by molar-refractivity contribution is -0.292. The van der Waals surface area contributed by atoms with Gasteiger partial charge in [0.05, 0.1) is 73.8 Å². The minimum atomic E-state index is -0.951. The van der Waals surface area contributed by atoms with Gasteiger partial charge < -0.3 is 52.8 Å². The predicted molar refractivity (Wildman–Crippen MR) is 184 cm³/mol. The molecule has 0 aromatic carbocycles. The molecule has 12 bridgehead atoms. The van der Waals surface area contributed by atoms with Crippen molar-refractivity contribution >= 4 is 5.78 Å². The fraction of sp³-hybridized carbons (Fsp3) is 0.875. The van der Waals surface area contributed by atoms with E-state index in [2.05, 4.69) is 20.1 Å². The van der Waals surface area contributed by atoms with Gasteiger partial charge in [0.15, 0.2) is 5.79 Å².